The van der Waals surface area contributed by atoms with Crippen LogP contribution < -0.4 is 4.74 Å². The Balaban J connectivity index is 2.83. The predicted molar refractivity (Wildman–Crippen MR) is 37.7 cm³/mol. The molecular weight excluding hydrogens is 112 g/mol. The van der Waals surface area contributed by atoms with Gasteiger partial charge in [0, 0.05) is 0 Å². The van der Waals surface area contributed by atoms with Gasteiger partial charge in [0.15, 0.2) is 0 Å². The van der Waals surface area contributed by atoms with Gasteiger partial charge in [0.2, 0.25) is 0 Å². The average Bonchev–Trinajstić information content (AvgIpc) is 1.91. The first-order valence-corrected chi connectivity index (χ1v) is 2.74. The van der Waals surface area contributed by atoms with Crippen molar-refractivity contribution in [2.75, 3.05) is 7.04 Å². The molecule has 48 valence electrons. The SMILES string of the molecule is [2H]C([2H])([2H])Oc1ccccc1C. The van der Waals surface area contributed by atoms with Crippen LogP contribution in [0.5, 0.6) is 5.75 Å². The van der Waals surface area contributed by atoms with Gasteiger partial charge in [-0.3, -0.25) is 0 Å². The van der Waals surface area contributed by atoms with Crippen molar-refractivity contribution in [1.29, 1.82) is 0 Å². The summed E-state index contributed by atoms with van der Waals surface area (Å²) in [5, 5.41) is 0. The minimum absolute atomic E-state index is 0.414. The summed E-state index contributed by atoms with van der Waals surface area (Å²) in [6.07, 6.45) is 0. The Morgan fingerprint density at radius 3 is 2.89 bits per heavy atom. The fourth-order valence-electron chi connectivity index (χ4n) is 0.671. The lowest BCUT2D eigenvalue weighted by Crippen LogP contribution is -1.84. The van der Waals surface area contributed by atoms with Crippen LogP contribution in [0.15, 0.2) is 24.3 Å². The van der Waals surface area contributed by atoms with Gasteiger partial charge in [-0.15, -0.1) is 0 Å². The minimum Gasteiger partial charge on any atom is -0.496 e. The van der Waals surface area contributed by atoms with Crippen molar-refractivity contribution < 1.29 is 8.85 Å². The molecule has 0 heterocycles. The molecule has 0 unspecified atom stereocenters. The normalized spacial score (nSPS) is 15.4. The van der Waals surface area contributed by atoms with Gasteiger partial charge in [-0.1, -0.05) is 18.2 Å². The number of aryl methyl sites for hydroxylation is 1. The number of hydrogen-bond donors (Lipinski definition) is 0. The molecule has 0 aliphatic heterocycles. The fraction of sp³-hybridized carbons (Fsp3) is 0.250. The number of methoxy groups -OCH3 is 1. The van der Waals surface area contributed by atoms with Crippen molar-refractivity contribution >= 4 is 0 Å². The molecule has 0 aliphatic rings. The van der Waals surface area contributed by atoms with Crippen molar-refractivity contribution in [3.05, 3.63) is 29.8 Å². The Morgan fingerprint density at radius 1 is 1.44 bits per heavy atom. The Kier molecular flexibility index (Phi) is 0.916. The molecule has 0 N–H and O–H groups in total. The monoisotopic (exact) mass is 125 g/mol. The van der Waals surface area contributed by atoms with Gasteiger partial charge in [-0.05, 0) is 18.6 Å². The van der Waals surface area contributed by atoms with E-state index in [1.807, 2.05) is 6.07 Å². The summed E-state index contributed by atoms with van der Waals surface area (Å²) in [6, 6.07) is 7.03. The van der Waals surface area contributed by atoms with Crippen LogP contribution in [0.3, 0.4) is 0 Å². The van der Waals surface area contributed by atoms with Crippen molar-refractivity contribution in [2.45, 2.75) is 6.92 Å². The summed E-state index contributed by atoms with van der Waals surface area (Å²) < 4.78 is 25.4. The molecule has 1 aromatic rings. The van der Waals surface area contributed by atoms with E-state index in [0.29, 0.717) is 5.75 Å². The molecular formula is C8H10O. The van der Waals surface area contributed by atoms with Gasteiger partial charge in [0.1, 0.15) is 5.75 Å². The maximum Gasteiger partial charge on any atom is 0.121 e. The molecule has 0 atom stereocenters. The van der Waals surface area contributed by atoms with Crippen LogP contribution in [-0.4, -0.2) is 7.04 Å². The molecule has 0 amide bonds. The van der Waals surface area contributed by atoms with Gasteiger partial charge in [0.05, 0.1) is 11.2 Å². The highest BCUT2D eigenvalue weighted by Crippen LogP contribution is 2.14. The fourth-order valence-corrected chi connectivity index (χ4v) is 0.671. The third kappa shape index (κ3) is 1.22. The zero-order valence-corrected chi connectivity index (χ0v) is 5.22. The summed E-state index contributed by atoms with van der Waals surface area (Å²) in [4.78, 5) is 0. The maximum atomic E-state index is 6.88. The van der Waals surface area contributed by atoms with Crippen LogP contribution >= 0.6 is 0 Å². The standard InChI is InChI=1S/C8H10O/c1-7-5-3-4-6-8(7)9-2/h3-6H,1-2H3/i2D3. The summed E-state index contributed by atoms with van der Waals surface area (Å²) in [5.41, 5.74) is 0.827. The summed E-state index contributed by atoms with van der Waals surface area (Å²) >= 11 is 0. The van der Waals surface area contributed by atoms with Gasteiger partial charge in [0.25, 0.3) is 0 Å². The number of para-hydroxylation sites is 1. The second-order valence-electron chi connectivity index (χ2n) is 1.87. The molecule has 1 nitrogen and oxygen atoms in total. The largest absolute Gasteiger partial charge is 0.496 e. The maximum absolute atomic E-state index is 6.88. The number of benzene rings is 1. The lowest BCUT2D eigenvalue weighted by atomic mass is 10.2. The van der Waals surface area contributed by atoms with Crippen LogP contribution in [0.25, 0.3) is 0 Å². The van der Waals surface area contributed by atoms with Crippen LogP contribution in [0.4, 0.5) is 0 Å². The first-order chi connectivity index (χ1) is 5.49. The molecule has 1 rings (SSSR count). The van der Waals surface area contributed by atoms with Gasteiger partial charge in [-0.25, -0.2) is 0 Å². The predicted octanol–water partition coefficient (Wildman–Crippen LogP) is 2.00. The van der Waals surface area contributed by atoms with Crippen LogP contribution in [0.2, 0.25) is 0 Å². The Bertz CT molecular complexity index is 267. The summed E-state index contributed by atoms with van der Waals surface area (Å²) in [6.45, 7) is 1.81. The third-order valence-electron chi connectivity index (χ3n) is 1.20. The highest BCUT2D eigenvalue weighted by molar-refractivity contribution is 5.31. The molecule has 9 heavy (non-hydrogen) atoms. The average molecular weight is 125 g/mol. The Hall–Kier alpha value is -0.980. The van der Waals surface area contributed by atoms with Crippen molar-refractivity contribution in [3.8, 4) is 5.75 Å². The first-order valence-electron chi connectivity index (χ1n) is 4.24. The molecule has 0 saturated heterocycles. The molecule has 1 heteroatoms. The third-order valence-corrected chi connectivity index (χ3v) is 1.20. The highest BCUT2D eigenvalue weighted by Gasteiger charge is 1.90. The smallest absolute Gasteiger partial charge is 0.121 e. The zero-order valence-electron chi connectivity index (χ0n) is 8.22. The topological polar surface area (TPSA) is 9.23 Å². The number of ether oxygens (including phenoxy) is 1. The lowest BCUT2D eigenvalue weighted by molar-refractivity contribution is 0.411. The molecule has 0 radical (unpaired) electrons. The van der Waals surface area contributed by atoms with E-state index in [4.69, 9.17) is 8.85 Å². The Labute approximate surface area is 59.5 Å². The van der Waals surface area contributed by atoms with E-state index in [-0.39, 0.29) is 0 Å². The summed E-state index contributed by atoms with van der Waals surface area (Å²) in [5.74, 6) is 0.414. The van der Waals surface area contributed by atoms with Crippen molar-refractivity contribution in [3.63, 3.8) is 0 Å². The van der Waals surface area contributed by atoms with Crippen LogP contribution in [-0.2, 0) is 0 Å². The molecule has 0 fully saturated rings. The van der Waals surface area contributed by atoms with E-state index in [1.165, 1.54) is 0 Å². The highest BCUT2D eigenvalue weighted by atomic mass is 16.5. The van der Waals surface area contributed by atoms with E-state index in [9.17, 15) is 0 Å². The van der Waals surface area contributed by atoms with E-state index in [2.05, 4.69) is 0 Å². The molecule has 1 aromatic carbocycles. The van der Waals surface area contributed by atoms with Gasteiger partial charge >= 0.3 is 0 Å². The van der Waals surface area contributed by atoms with Gasteiger partial charge in [-0.2, -0.15) is 0 Å². The molecule has 0 bridgehead atoms. The van der Waals surface area contributed by atoms with Crippen molar-refractivity contribution in [1.82, 2.24) is 0 Å². The summed E-state index contributed by atoms with van der Waals surface area (Å²) in [7, 11) is -2.36. The lowest BCUT2D eigenvalue weighted by Gasteiger charge is -2.00. The zero-order chi connectivity index (χ0) is 9.19. The second kappa shape index (κ2) is 2.53. The first kappa shape index (κ1) is 3.25. The van der Waals surface area contributed by atoms with E-state index in [1.54, 1.807) is 25.1 Å². The van der Waals surface area contributed by atoms with E-state index < -0.39 is 7.04 Å². The number of hydrogen-bond acceptors (Lipinski definition) is 1. The quantitative estimate of drug-likeness (QED) is 0.557. The van der Waals surface area contributed by atoms with E-state index in [0.717, 1.165) is 5.56 Å². The molecule has 0 aliphatic carbocycles. The molecule has 0 saturated carbocycles. The van der Waals surface area contributed by atoms with E-state index >= 15 is 0 Å². The second-order valence-corrected chi connectivity index (χ2v) is 1.87. The molecule has 0 spiro atoms. The Morgan fingerprint density at radius 2 is 2.22 bits per heavy atom. The number of rotatable bonds is 1. The van der Waals surface area contributed by atoms with Crippen LogP contribution in [0.1, 0.15) is 9.68 Å². The van der Waals surface area contributed by atoms with Gasteiger partial charge < -0.3 is 4.74 Å². The van der Waals surface area contributed by atoms with Crippen molar-refractivity contribution in [2.24, 2.45) is 0 Å². The van der Waals surface area contributed by atoms with Crippen LogP contribution in [0, 0.1) is 6.92 Å². The molecule has 0 aromatic heterocycles. The minimum atomic E-state index is -2.36.